The molecule has 19 heavy (non-hydrogen) atoms. The van der Waals surface area contributed by atoms with Crippen molar-refractivity contribution in [3.8, 4) is 0 Å². The van der Waals surface area contributed by atoms with Crippen molar-refractivity contribution in [2.45, 2.75) is 19.3 Å². The molecule has 0 saturated heterocycles. The number of esters is 1. The average molecular weight is 264 g/mol. The van der Waals surface area contributed by atoms with Crippen LogP contribution in [0.25, 0.3) is 10.8 Å². The Hall–Kier alpha value is -1.97. The molecule has 0 spiro atoms. The van der Waals surface area contributed by atoms with Crippen molar-refractivity contribution in [2.24, 2.45) is 0 Å². The molecule has 0 N–H and O–H groups in total. The summed E-state index contributed by atoms with van der Waals surface area (Å²) in [7, 11) is 0. The van der Waals surface area contributed by atoms with E-state index in [9.17, 15) is 13.6 Å². The van der Waals surface area contributed by atoms with Crippen LogP contribution in [-0.4, -0.2) is 18.5 Å². The molecule has 2 rings (SSSR count). The highest BCUT2D eigenvalue weighted by molar-refractivity contribution is 5.83. The normalized spacial score (nSPS) is 11.5. The second-order valence-electron chi connectivity index (χ2n) is 4.28. The van der Waals surface area contributed by atoms with Crippen molar-refractivity contribution in [3.05, 3.63) is 48.0 Å². The minimum Gasteiger partial charge on any atom is -0.462 e. The molecule has 0 bridgehead atoms. The number of fused-ring (bicyclic) bond motifs is 1. The molecule has 0 heterocycles. The maximum absolute atomic E-state index is 13.6. The number of hydrogen-bond acceptors (Lipinski definition) is 2. The second kappa shape index (κ2) is 5.34. The quantitative estimate of drug-likeness (QED) is 0.789. The van der Waals surface area contributed by atoms with E-state index in [1.165, 1.54) is 6.92 Å². The lowest BCUT2D eigenvalue weighted by Gasteiger charge is -2.14. The van der Waals surface area contributed by atoms with Gasteiger partial charge in [-0.1, -0.05) is 42.5 Å². The van der Waals surface area contributed by atoms with E-state index < -0.39 is 18.3 Å². The molecule has 0 fully saturated rings. The summed E-state index contributed by atoms with van der Waals surface area (Å²) in [4.78, 5) is 11.2. The molecule has 0 atom stereocenters. The van der Waals surface area contributed by atoms with Crippen LogP contribution in [0.2, 0.25) is 0 Å². The molecule has 100 valence electrons. The fourth-order valence-electron chi connectivity index (χ4n) is 1.91. The van der Waals surface area contributed by atoms with Crippen molar-refractivity contribution in [2.75, 3.05) is 6.61 Å². The highest BCUT2D eigenvalue weighted by Gasteiger charge is 2.40. The second-order valence-corrected chi connectivity index (χ2v) is 4.28. The van der Waals surface area contributed by atoms with Gasteiger partial charge in [0.15, 0.2) is 0 Å². The first-order valence-electron chi connectivity index (χ1n) is 6.05. The van der Waals surface area contributed by atoms with Gasteiger partial charge >= 0.3 is 11.9 Å². The number of alkyl halides is 2. The minimum absolute atomic E-state index is 0.0495. The van der Waals surface area contributed by atoms with Crippen molar-refractivity contribution in [1.82, 2.24) is 0 Å². The molecule has 0 aromatic heterocycles. The van der Waals surface area contributed by atoms with Crippen LogP contribution in [0.1, 0.15) is 12.5 Å². The Morgan fingerprint density at radius 1 is 1.16 bits per heavy atom. The number of carbonyl (C=O) groups is 1. The number of halogens is 2. The number of ether oxygens (including phenoxy) is 1. The Bertz CT molecular complexity index is 593. The molecular formula is C15H14F2O2. The molecular weight excluding hydrogens is 250 g/mol. The van der Waals surface area contributed by atoms with E-state index in [4.69, 9.17) is 0 Å². The Morgan fingerprint density at radius 3 is 2.53 bits per heavy atom. The van der Waals surface area contributed by atoms with E-state index in [1.807, 2.05) is 24.3 Å². The zero-order chi connectivity index (χ0) is 13.9. The smallest absolute Gasteiger partial charge is 0.377 e. The number of carbonyl (C=O) groups excluding carboxylic acids is 1. The number of rotatable bonds is 4. The van der Waals surface area contributed by atoms with Gasteiger partial charge in [-0.2, -0.15) is 8.78 Å². The van der Waals surface area contributed by atoms with Gasteiger partial charge in [0, 0.05) is 6.42 Å². The first-order chi connectivity index (χ1) is 9.03. The van der Waals surface area contributed by atoms with Crippen molar-refractivity contribution < 1.29 is 18.3 Å². The van der Waals surface area contributed by atoms with Crippen LogP contribution in [0.15, 0.2) is 42.5 Å². The minimum atomic E-state index is -3.49. The van der Waals surface area contributed by atoms with Crippen LogP contribution < -0.4 is 0 Å². The predicted octanol–water partition coefficient (Wildman–Crippen LogP) is 3.58. The van der Waals surface area contributed by atoms with Crippen LogP contribution in [0.4, 0.5) is 8.78 Å². The molecule has 2 aromatic rings. The standard InChI is InChI=1S/C15H14F2O2/c1-2-19-14(18)15(16,17)10-11-7-8-12-5-3-4-6-13(12)9-11/h3-9H,2,10H2,1H3. The fraction of sp³-hybridized carbons (Fsp3) is 0.267. The third kappa shape index (κ3) is 3.08. The Kier molecular flexibility index (Phi) is 3.79. The van der Waals surface area contributed by atoms with Gasteiger partial charge in [-0.3, -0.25) is 0 Å². The van der Waals surface area contributed by atoms with Crippen molar-refractivity contribution in [3.63, 3.8) is 0 Å². The van der Waals surface area contributed by atoms with E-state index in [0.29, 0.717) is 5.56 Å². The summed E-state index contributed by atoms with van der Waals surface area (Å²) in [5, 5.41) is 1.85. The molecule has 0 aliphatic carbocycles. The van der Waals surface area contributed by atoms with Gasteiger partial charge in [0.1, 0.15) is 0 Å². The monoisotopic (exact) mass is 264 g/mol. The largest absolute Gasteiger partial charge is 0.462 e. The van der Waals surface area contributed by atoms with Crippen LogP contribution in [0, 0.1) is 0 Å². The van der Waals surface area contributed by atoms with E-state index in [1.54, 1.807) is 18.2 Å². The average Bonchev–Trinajstić information content (AvgIpc) is 2.38. The Balaban J connectivity index is 2.23. The van der Waals surface area contributed by atoms with Gasteiger partial charge in [0.05, 0.1) is 6.61 Å². The molecule has 0 radical (unpaired) electrons. The molecule has 0 amide bonds. The topological polar surface area (TPSA) is 26.3 Å². The number of benzene rings is 2. The lowest BCUT2D eigenvalue weighted by atomic mass is 10.0. The summed E-state index contributed by atoms with van der Waals surface area (Å²) in [5.74, 6) is -4.96. The van der Waals surface area contributed by atoms with Crippen LogP contribution in [0.3, 0.4) is 0 Å². The highest BCUT2D eigenvalue weighted by Crippen LogP contribution is 2.24. The van der Waals surface area contributed by atoms with Gasteiger partial charge in [-0.15, -0.1) is 0 Å². The number of hydrogen-bond donors (Lipinski definition) is 0. The first-order valence-corrected chi connectivity index (χ1v) is 6.05. The van der Waals surface area contributed by atoms with E-state index in [2.05, 4.69) is 4.74 Å². The SMILES string of the molecule is CCOC(=O)C(F)(F)Cc1ccc2ccccc2c1. The zero-order valence-electron chi connectivity index (χ0n) is 10.5. The van der Waals surface area contributed by atoms with E-state index in [0.717, 1.165) is 10.8 Å². The first kappa shape index (κ1) is 13.5. The Morgan fingerprint density at radius 2 is 1.84 bits per heavy atom. The summed E-state index contributed by atoms with van der Waals surface area (Å²) in [6, 6.07) is 12.5. The summed E-state index contributed by atoms with van der Waals surface area (Å²) in [5.41, 5.74) is 0.414. The third-order valence-corrected chi connectivity index (χ3v) is 2.81. The van der Waals surface area contributed by atoms with Crippen LogP contribution in [0.5, 0.6) is 0 Å². The van der Waals surface area contributed by atoms with Crippen molar-refractivity contribution in [1.29, 1.82) is 0 Å². The lowest BCUT2D eigenvalue weighted by Crippen LogP contribution is -2.33. The van der Waals surface area contributed by atoms with E-state index >= 15 is 0 Å². The maximum atomic E-state index is 13.6. The van der Waals surface area contributed by atoms with E-state index in [-0.39, 0.29) is 6.61 Å². The summed E-state index contributed by atoms with van der Waals surface area (Å²) < 4.78 is 31.6. The lowest BCUT2D eigenvalue weighted by molar-refractivity contribution is -0.171. The Labute approximate surface area is 110 Å². The zero-order valence-corrected chi connectivity index (χ0v) is 10.5. The third-order valence-electron chi connectivity index (χ3n) is 2.81. The highest BCUT2D eigenvalue weighted by atomic mass is 19.3. The predicted molar refractivity (Wildman–Crippen MR) is 69.2 cm³/mol. The molecule has 0 aliphatic rings. The maximum Gasteiger partial charge on any atom is 0.377 e. The van der Waals surface area contributed by atoms with Gasteiger partial charge in [0.25, 0.3) is 0 Å². The van der Waals surface area contributed by atoms with Gasteiger partial charge in [-0.25, -0.2) is 4.79 Å². The molecule has 0 saturated carbocycles. The molecule has 0 aliphatic heterocycles. The summed E-state index contributed by atoms with van der Waals surface area (Å²) >= 11 is 0. The molecule has 2 nitrogen and oxygen atoms in total. The molecule has 0 unspecified atom stereocenters. The van der Waals surface area contributed by atoms with Gasteiger partial charge in [-0.05, 0) is 23.3 Å². The summed E-state index contributed by atoms with van der Waals surface area (Å²) in [6.45, 7) is 1.45. The van der Waals surface area contributed by atoms with Gasteiger partial charge < -0.3 is 4.74 Å². The van der Waals surface area contributed by atoms with Gasteiger partial charge in [0.2, 0.25) is 0 Å². The molecule has 2 aromatic carbocycles. The molecule has 4 heteroatoms. The van der Waals surface area contributed by atoms with Crippen molar-refractivity contribution >= 4 is 16.7 Å². The van der Waals surface area contributed by atoms with Crippen LogP contribution >= 0.6 is 0 Å². The van der Waals surface area contributed by atoms with Crippen LogP contribution in [-0.2, 0) is 16.0 Å². The fourth-order valence-corrected chi connectivity index (χ4v) is 1.91. The summed E-state index contributed by atoms with van der Waals surface area (Å²) in [6.07, 6.45) is -0.642.